The van der Waals surface area contributed by atoms with Crippen molar-refractivity contribution < 1.29 is 13.9 Å². The highest BCUT2D eigenvalue weighted by Gasteiger charge is 2.15. The third-order valence-corrected chi connectivity index (χ3v) is 3.57. The Kier molecular flexibility index (Phi) is 6.01. The van der Waals surface area contributed by atoms with Gasteiger partial charge in [-0.05, 0) is 25.5 Å². The van der Waals surface area contributed by atoms with Gasteiger partial charge < -0.3 is 19.8 Å². The molecule has 0 aliphatic heterocycles. The molecule has 0 radical (unpaired) electrons. The monoisotopic (exact) mass is 329 g/mol. The van der Waals surface area contributed by atoms with Crippen molar-refractivity contribution >= 4 is 11.9 Å². The second-order valence-electron chi connectivity index (χ2n) is 5.44. The van der Waals surface area contributed by atoms with E-state index in [1.54, 1.807) is 20.0 Å². The summed E-state index contributed by atoms with van der Waals surface area (Å²) in [5.74, 6) is 1.45. The Morgan fingerprint density at radius 1 is 1.21 bits per heavy atom. The summed E-state index contributed by atoms with van der Waals surface area (Å²) >= 11 is 0. The standard InChI is InChI=1S/C18H23N3O3/c1-12-6-5-7-14(8-12)10-20-18(19-3)21-11-15-9-16(13(2)24-15)17(22)23-4/h5-9H,10-11H2,1-4H3,(H2,19,20,21). The second-order valence-corrected chi connectivity index (χ2v) is 5.44. The first-order valence-corrected chi connectivity index (χ1v) is 7.71. The molecule has 1 aromatic heterocycles. The Balaban J connectivity index is 1.91. The largest absolute Gasteiger partial charge is 0.465 e. The van der Waals surface area contributed by atoms with Crippen LogP contribution >= 0.6 is 0 Å². The van der Waals surface area contributed by atoms with Crippen molar-refractivity contribution in [3.63, 3.8) is 0 Å². The lowest BCUT2D eigenvalue weighted by molar-refractivity contribution is 0.0599. The van der Waals surface area contributed by atoms with Crippen LogP contribution in [0.3, 0.4) is 0 Å². The van der Waals surface area contributed by atoms with Crippen molar-refractivity contribution in [1.82, 2.24) is 10.6 Å². The quantitative estimate of drug-likeness (QED) is 0.501. The van der Waals surface area contributed by atoms with Gasteiger partial charge in [0, 0.05) is 13.6 Å². The van der Waals surface area contributed by atoms with E-state index in [1.165, 1.54) is 18.2 Å². The normalized spacial score (nSPS) is 11.2. The number of hydrogen-bond donors (Lipinski definition) is 2. The number of aliphatic imine (C=N–C) groups is 1. The lowest BCUT2D eigenvalue weighted by Gasteiger charge is -2.11. The molecule has 2 aromatic rings. The number of furan rings is 1. The third kappa shape index (κ3) is 4.62. The average molecular weight is 329 g/mol. The Morgan fingerprint density at radius 2 is 1.96 bits per heavy atom. The summed E-state index contributed by atoms with van der Waals surface area (Å²) in [5.41, 5.74) is 2.84. The number of carbonyl (C=O) groups is 1. The first-order chi connectivity index (χ1) is 11.5. The molecule has 0 bridgehead atoms. The Morgan fingerprint density at radius 3 is 2.62 bits per heavy atom. The summed E-state index contributed by atoms with van der Waals surface area (Å²) in [6, 6.07) is 9.96. The van der Waals surface area contributed by atoms with Gasteiger partial charge in [0.1, 0.15) is 17.1 Å². The summed E-state index contributed by atoms with van der Waals surface area (Å²) < 4.78 is 10.3. The first kappa shape index (κ1) is 17.6. The molecular formula is C18H23N3O3. The summed E-state index contributed by atoms with van der Waals surface area (Å²) in [5, 5.41) is 6.41. The van der Waals surface area contributed by atoms with Crippen LogP contribution in [0.5, 0.6) is 0 Å². The van der Waals surface area contributed by atoms with Gasteiger partial charge in [0.15, 0.2) is 5.96 Å². The number of methoxy groups -OCH3 is 1. The summed E-state index contributed by atoms with van der Waals surface area (Å²) in [7, 11) is 3.06. The van der Waals surface area contributed by atoms with Crippen LogP contribution in [0, 0.1) is 13.8 Å². The van der Waals surface area contributed by atoms with E-state index in [0.717, 1.165) is 0 Å². The van der Waals surface area contributed by atoms with Crippen LogP contribution in [-0.4, -0.2) is 26.1 Å². The molecule has 2 N–H and O–H groups in total. The zero-order chi connectivity index (χ0) is 17.5. The van der Waals surface area contributed by atoms with Crippen LogP contribution in [-0.2, 0) is 17.8 Å². The molecule has 0 aliphatic rings. The number of nitrogens with one attached hydrogen (secondary N) is 2. The molecule has 0 amide bonds. The van der Waals surface area contributed by atoms with Crippen LogP contribution in [0.25, 0.3) is 0 Å². The summed E-state index contributed by atoms with van der Waals surface area (Å²) in [6.07, 6.45) is 0. The van der Waals surface area contributed by atoms with Gasteiger partial charge in [0.05, 0.1) is 13.7 Å². The number of rotatable bonds is 5. The molecule has 128 valence electrons. The maximum absolute atomic E-state index is 11.6. The molecule has 0 fully saturated rings. The minimum atomic E-state index is -0.399. The number of hydrogen-bond acceptors (Lipinski definition) is 4. The average Bonchev–Trinajstić information content (AvgIpc) is 2.95. The van der Waals surface area contributed by atoms with Crippen LogP contribution in [0.1, 0.15) is 33.0 Å². The van der Waals surface area contributed by atoms with Gasteiger partial charge in [0.25, 0.3) is 0 Å². The predicted octanol–water partition coefficient (Wildman–Crippen LogP) is 2.55. The van der Waals surface area contributed by atoms with E-state index >= 15 is 0 Å². The van der Waals surface area contributed by atoms with Gasteiger partial charge in [-0.1, -0.05) is 29.8 Å². The molecule has 0 atom stereocenters. The van der Waals surface area contributed by atoms with Gasteiger partial charge in [-0.3, -0.25) is 4.99 Å². The van der Waals surface area contributed by atoms with E-state index in [4.69, 9.17) is 9.15 Å². The van der Waals surface area contributed by atoms with Crippen molar-refractivity contribution in [3.8, 4) is 0 Å². The molecule has 24 heavy (non-hydrogen) atoms. The highest BCUT2D eigenvalue weighted by molar-refractivity contribution is 5.90. The number of benzene rings is 1. The summed E-state index contributed by atoms with van der Waals surface area (Å²) in [4.78, 5) is 15.8. The summed E-state index contributed by atoms with van der Waals surface area (Å²) in [6.45, 7) is 4.90. The minimum Gasteiger partial charge on any atom is -0.465 e. The maximum Gasteiger partial charge on any atom is 0.341 e. The number of esters is 1. The fourth-order valence-corrected chi connectivity index (χ4v) is 2.34. The Hall–Kier alpha value is -2.76. The SMILES string of the molecule is CN=C(NCc1cccc(C)c1)NCc1cc(C(=O)OC)c(C)o1. The predicted molar refractivity (Wildman–Crippen MR) is 93.0 cm³/mol. The second kappa shape index (κ2) is 8.19. The number of nitrogens with zero attached hydrogens (tertiary/aromatic N) is 1. The number of aryl methyl sites for hydroxylation is 2. The van der Waals surface area contributed by atoms with E-state index in [1.807, 2.05) is 6.07 Å². The molecule has 2 rings (SSSR count). The molecular weight excluding hydrogens is 306 g/mol. The molecule has 0 unspecified atom stereocenters. The highest BCUT2D eigenvalue weighted by atomic mass is 16.5. The molecule has 0 aliphatic carbocycles. The third-order valence-electron chi connectivity index (χ3n) is 3.57. The molecule has 1 heterocycles. The first-order valence-electron chi connectivity index (χ1n) is 7.71. The van der Waals surface area contributed by atoms with Crippen molar-refractivity contribution in [2.75, 3.05) is 14.2 Å². The molecule has 0 saturated heterocycles. The van der Waals surface area contributed by atoms with E-state index in [2.05, 4.69) is 40.7 Å². The highest BCUT2D eigenvalue weighted by Crippen LogP contribution is 2.15. The molecule has 1 aromatic carbocycles. The van der Waals surface area contributed by atoms with E-state index in [-0.39, 0.29) is 0 Å². The van der Waals surface area contributed by atoms with Gasteiger partial charge in [-0.2, -0.15) is 0 Å². The topological polar surface area (TPSA) is 75.9 Å². The van der Waals surface area contributed by atoms with Crippen molar-refractivity contribution in [3.05, 3.63) is 58.5 Å². The molecule has 6 heteroatoms. The van der Waals surface area contributed by atoms with Crippen molar-refractivity contribution in [2.24, 2.45) is 4.99 Å². The Bertz CT molecular complexity index is 735. The van der Waals surface area contributed by atoms with Gasteiger partial charge in [-0.25, -0.2) is 4.79 Å². The lowest BCUT2D eigenvalue weighted by atomic mass is 10.1. The molecule has 6 nitrogen and oxygen atoms in total. The minimum absolute atomic E-state index is 0.399. The van der Waals surface area contributed by atoms with Crippen LogP contribution in [0.2, 0.25) is 0 Å². The fourth-order valence-electron chi connectivity index (χ4n) is 2.34. The Labute approximate surface area is 141 Å². The van der Waals surface area contributed by atoms with Crippen molar-refractivity contribution in [1.29, 1.82) is 0 Å². The van der Waals surface area contributed by atoms with Crippen LogP contribution in [0.4, 0.5) is 0 Å². The van der Waals surface area contributed by atoms with E-state index in [9.17, 15) is 4.79 Å². The smallest absolute Gasteiger partial charge is 0.341 e. The van der Waals surface area contributed by atoms with Crippen molar-refractivity contribution in [2.45, 2.75) is 26.9 Å². The zero-order valence-electron chi connectivity index (χ0n) is 14.5. The number of carbonyl (C=O) groups excluding carboxylic acids is 1. The van der Waals surface area contributed by atoms with Gasteiger partial charge in [-0.15, -0.1) is 0 Å². The van der Waals surface area contributed by atoms with E-state index in [0.29, 0.717) is 36.1 Å². The fraction of sp³-hybridized carbons (Fsp3) is 0.333. The van der Waals surface area contributed by atoms with Gasteiger partial charge in [0.2, 0.25) is 0 Å². The molecule has 0 saturated carbocycles. The van der Waals surface area contributed by atoms with Crippen LogP contribution < -0.4 is 10.6 Å². The number of ether oxygens (including phenoxy) is 1. The maximum atomic E-state index is 11.6. The zero-order valence-corrected chi connectivity index (χ0v) is 14.5. The lowest BCUT2D eigenvalue weighted by Crippen LogP contribution is -2.36. The number of guanidine groups is 1. The molecule has 0 spiro atoms. The van der Waals surface area contributed by atoms with Crippen LogP contribution in [0.15, 0.2) is 39.7 Å². The van der Waals surface area contributed by atoms with E-state index < -0.39 is 5.97 Å². The van der Waals surface area contributed by atoms with Gasteiger partial charge >= 0.3 is 5.97 Å².